The Morgan fingerprint density at radius 1 is 0.925 bits per heavy atom. The predicted molar refractivity (Wildman–Crippen MR) is 162 cm³/mol. The SMILES string of the molecule is CCOc1ccc2nc(N(CCN(CC)CC)C(=O)c3ccc(S(=O)(=O)N(C)Cc4ccccc4)cc3)sc2c1. The average Bonchev–Trinajstić information content (AvgIpc) is 3.39. The number of thiazole rings is 1. The van der Waals surface area contributed by atoms with E-state index in [0.717, 1.165) is 34.6 Å². The number of hydrogen-bond donors (Lipinski definition) is 0. The van der Waals surface area contributed by atoms with E-state index in [9.17, 15) is 13.2 Å². The van der Waals surface area contributed by atoms with Gasteiger partial charge < -0.3 is 9.64 Å². The van der Waals surface area contributed by atoms with Gasteiger partial charge in [0.15, 0.2) is 5.13 Å². The minimum absolute atomic E-state index is 0.139. The summed E-state index contributed by atoms with van der Waals surface area (Å²) in [6.45, 7) is 9.85. The summed E-state index contributed by atoms with van der Waals surface area (Å²) >= 11 is 1.44. The molecule has 0 N–H and O–H groups in total. The monoisotopic (exact) mass is 580 g/mol. The average molecular weight is 581 g/mol. The Labute approximate surface area is 240 Å². The second-order valence-electron chi connectivity index (χ2n) is 9.31. The van der Waals surface area contributed by atoms with Gasteiger partial charge in [0, 0.05) is 32.2 Å². The molecule has 0 aliphatic carbocycles. The van der Waals surface area contributed by atoms with E-state index in [2.05, 4.69) is 18.7 Å². The summed E-state index contributed by atoms with van der Waals surface area (Å²) in [5.41, 5.74) is 2.10. The Morgan fingerprint density at radius 3 is 2.27 bits per heavy atom. The lowest BCUT2D eigenvalue weighted by molar-refractivity contribution is 0.0983. The van der Waals surface area contributed by atoms with Gasteiger partial charge in [-0.1, -0.05) is 55.5 Å². The minimum Gasteiger partial charge on any atom is -0.494 e. The van der Waals surface area contributed by atoms with Gasteiger partial charge in [-0.15, -0.1) is 0 Å². The zero-order chi connectivity index (χ0) is 28.7. The summed E-state index contributed by atoms with van der Waals surface area (Å²) in [5.74, 6) is 0.540. The Bertz CT molecular complexity index is 1520. The molecule has 0 bridgehead atoms. The van der Waals surface area contributed by atoms with Crippen LogP contribution in [0.5, 0.6) is 5.75 Å². The zero-order valence-corrected chi connectivity index (χ0v) is 25.0. The molecule has 0 saturated heterocycles. The summed E-state index contributed by atoms with van der Waals surface area (Å²) in [4.78, 5) is 22.6. The van der Waals surface area contributed by atoms with E-state index in [-0.39, 0.29) is 17.3 Å². The van der Waals surface area contributed by atoms with Crippen LogP contribution in [-0.4, -0.2) is 68.3 Å². The van der Waals surface area contributed by atoms with Crippen molar-refractivity contribution in [1.82, 2.24) is 14.2 Å². The molecule has 0 fully saturated rings. The summed E-state index contributed by atoms with van der Waals surface area (Å²) in [7, 11) is -2.17. The van der Waals surface area contributed by atoms with Crippen LogP contribution >= 0.6 is 11.3 Å². The number of sulfonamides is 1. The fourth-order valence-electron chi connectivity index (χ4n) is 4.36. The van der Waals surface area contributed by atoms with E-state index in [1.54, 1.807) is 24.1 Å². The number of carbonyl (C=O) groups is 1. The third-order valence-electron chi connectivity index (χ3n) is 6.73. The normalized spacial score (nSPS) is 11.8. The highest BCUT2D eigenvalue weighted by Gasteiger charge is 2.25. The van der Waals surface area contributed by atoms with E-state index in [1.807, 2.05) is 55.5 Å². The van der Waals surface area contributed by atoms with Gasteiger partial charge >= 0.3 is 0 Å². The van der Waals surface area contributed by atoms with Gasteiger partial charge in [-0.25, -0.2) is 13.4 Å². The molecule has 212 valence electrons. The van der Waals surface area contributed by atoms with Gasteiger partial charge in [0.25, 0.3) is 5.91 Å². The molecule has 0 saturated carbocycles. The van der Waals surface area contributed by atoms with Crippen molar-refractivity contribution in [3.8, 4) is 5.75 Å². The van der Waals surface area contributed by atoms with Crippen LogP contribution in [0.3, 0.4) is 0 Å². The quantitative estimate of drug-likeness (QED) is 0.208. The summed E-state index contributed by atoms with van der Waals surface area (Å²) < 4.78 is 34.3. The third-order valence-corrected chi connectivity index (χ3v) is 9.59. The van der Waals surface area contributed by atoms with Crippen LogP contribution in [0, 0.1) is 0 Å². The van der Waals surface area contributed by atoms with E-state index >= 15 is 0 Å². The Kier molecular flexibility index (Phi) is 9.91. The van der Waals surface area contributed by atoms with Crippen LogP contribution in [-0.2, 0) is 16.6 Å². The largest absolute Gasteiger partial charge is 0.494 e. The van der Waals surface area contributed by atoms with Gasteiger partial charge in [0.05, 0.1) is 21.7 Å². The lowest BCUT2D eigenvalue weighted by Gasteiger charge is -2.25. The van der Waals surface area contributed by atoms with Crippen LogP contribution in [0.25, 0.3) is 10.2 Å². The van der Waals surface area contributed by atoms with Gasteiger partial charge in [0.1, 0.15) is 5.75 Å². The van der Waals surface area contributed by atoms with Gasteiger partial charge in [-0.2, -0.15) is 4.31 Å². The maximum atomic E-state index is 13.8. The molecule has 0 aliphatic rings. The Morgan fingerprint density at radius 2 is 1.62 bits per heavy atom. The molecule has 40 heavy (non-hydrogen) atoms. The summed E-state index contributed by atoms with van der Waals surface area (Å²) in [6, 6.07) is 21.3. The zero-order valence-electron chi connectivity index (χ0n) is 23.4. The van der Waals surface area contributed by atoms with E-state index < -0.39 is 10.0 Å². The fourth-order valence-corrected chi connectivity index (χ4v) is 6.54. The number of benzene rings is 3. The molecular weight excluding hydrogens is 544 g/mol. The molecule has 1 amide bonds. The number of ether oxygens (including phenoxy) is 1. The van der Waals surface area contributed by atoms with Crippen LogP contribution < -0.4 is 9.64 Å². The van der Waals surface area contributed by atoms with Gasteiger partial charge in [-0.05, 0) is 68.0 Å². The number of aromatic nitrogens is 1. The standard InChI is InChI=1S/C30H36N4O4S2/c1-5-33(6-2)19-20-34(30-31-27-18-15-25(38-7-3)21-28(27)39-30)29(35)24-13-16-26(17-14-24)40(36,37)32(4)22-23-11-9-8-10-12-23/h8-18,21H,5-7,19-20,22H2,1-4H3. The molecule has 0 spiro atoms. The Balaban J connectivity index is 1.59. The molecule has 8 nitrogen and oxygen atoms in total. The molecule has 1 aromatic heterocycles. The van der Waals surface area contributed by atoms with Crippen molar-refractivity contribution in [2.24, 2.45) is 0 Å². The third kappa shape index (κ3) is 6.87. The van der Waals surface area contributed by atoms with Crippen molar-refractivity contribution in [2.75, 3.05) is 44.7 Å². The molecular formula is C30H36N4O4S2. The number of rotatable bonds is 13. The molecule has 1 heterocycles. The van der Waals surface area contributed by atoms with Crippen LogP contribution in [0.2, 0.25) is 0 Å². The van der Waals surface area contributed by atoms with Gasteiger partial charge in [0.2, 0.25) is 10.0 Å². The van der Waals surface area contributed by atoms with Crippen LogP contribution in [0.4, 0.5) is 5.13 Å². The molecule has 0 aliphatic heterocycles. The second-order valence-corrected chi connectivity index (χ2v) is 12.4. The first-order valence-corrected chi connectivity index (χ1v) is 15.7. The number of hydrogen-bond acceptors (Lipinski definition) is 7. The highest BCUT2D eigenvalue weighted by Crippen LogP contribution is 2.32. The Hall–Kier alpha value is -3.31. The van der Waals surface area contributed by atoms with Crippen molar-refractivity contribution < 1.29 is 17.9 Å². The highest BCUT2D eigenvalue weighted by molar-refractivity contribution is 7.89. The number of anilines is 1. The second kappa shape index (κ2) is 13.4. The number of fused-ring (bicyclic) bond motifs is 1. The van der Waals surface area contributed by atoms with E-state index in [1.165, 1.54) is 27.8 Å². The van der Waals surface area contributed by atoms with Crippen molar-refractivity contribution in [2.45, 2.75) is 32.2 Å². The van der Waals surface area contributed by atoms with E-state index in [0.29, 0.717) is 30.4 Å². The summed E-state index contributed by atoms with van der Waals surface area (Å²) in [5, 5.41) is 0.597. The van der Waals surface area contributed by atoms with Crippen molar-refractivity contribution >= 4 is 42.6 Å². The maximum Gasteiger partial charge on any atom is 0.260 e. The van der Waals surface area contributed by atoms with Crippen LogP contribution in [0.15, 0.2) is 77.7 Å². The van der Waals surface area contributed by atoms with Crippen LogP contribution in [0.1, 0.15) is 36.7 Å². The molecule has 4 rings (SSSR count). The topological polar surface area (TPSA) is 83.0 Å². The molecule has 0 radical (unpaired) electrons. The summed E-state index contributed by atoms with van der Waals surface area (Å²) in [6.07, 6.45) is 0. The smallest absolute Gasteiger partial charge is 0.260 e. The number of likely N-dealkylation sites (N-methyl/N-ethyl adjacent to an activating group) is 1. The van der Waals surface area contributed by atoms with E-state index in [4.69, 9.17) is 9.72 Å². The number of nitrogens with zero attached hydrogens (tertiary/aromatic N) is 4. The number of carbonyl (C=O) groups excluding carboxylic acids is 1. The highest BCUT2D eigenvalue weighted by atomic mass is 32.2. The first-order valence-electron chi connectivity index (χ1n) is 13.4. The molecule has 10 heteroatoms. The fraction of sp³-hybridized carbons (Fsp3) is 0.333. The predicted octanol–water partition coefficient (Wildman–Crippen LogP) is 5.50. The first-order chi connectivity index (χ1) is 19.3. The lowest BCUT2D eigenvalue weighted by atomic mass is 10.2. The molecule has 4 aromatic rings. The molecule has 0 atom stereocenters. The molecule has 3 aromatic carbocycles. The first kappa shape index (κ1) is 29.7. The maximum absolute atomic E-state index is 13.8. The van der Waals surface area contributed by atoms with Gasteiger partial charge in [-0.3, -0.25) is 9.69 Å². The van der Waals surface area contributed by atoms with Crippen molar-refractivity contribution in [3.05, 3.63) is 83.9 Å². The minimum atomic E-state index is -3.73. The lowest BCUT2D eigenvalue weighted by Crippen LogP contribution is -2.38. The van der Waals surface area contributed by atoms with Crippen molar-refractivity contribution in [1.29, 1.82) is 0 Å². The number of amides is 1. The van der Waals surface area contributed by atoms with Crippen molar-refractivity contribution in [3.63, 3.8) is 0 Å². The molecule has 0 unspecified atom stereocenters.